The predicted molar refractivity (Wildman–Crippen MR) is 87.3 cm³/mol. The van der Waals surface area contributed by atoms with Gasteiger partial charge in [0.2, 0.25) is 0 Å². The second kappa shape index (κ2) is 5.88. The highest BCUT2D eigenvalue weighted by Gasteiger charge is 2.12. The lowest BCUT2D eigenvalue weighted by molar-refractivity contribution is 0.102. The molecular formula is C16H16N4OS. The second-order valence-corrected chi connectivity index (χ2v) is 6.16. The van der Waals surface area contributed by atoms with Crippen molar-refractivity contribution >= 4 is 28.6 Å². The number of Topliss-reactive ketones (excluding diaryl/α,β-unsaturated/α-hetero) is 1. The Labute approximate surface area is 132 Å². The summed E-state index contributed by atoms with van der Waals surface area (Å²) in [5.41, 5.74) is 3.84. The molecule has 0 bridgehead atoms. The molecule has 0 fully saturated rings. The molecule has 6 heteroatoms. The van der Waals surface area contributed by atoms with Crippen LogP contribution in [0.3, 0.4) is 0 Å². The molecule has 0 amide bonds. The van der Waals surface area contributed by atoms with Gasteiger partial charge in [-0.3, -0.25) is 9.48 Å². The third kappa shape index (κ3) is 2.74. The molecule has 2 heterocycles. The first kappa shape index (κ1) is 14.7. The number of hydrogen-bond acceptors (Lipinski definition) is 5. The van der Waals surface area contributed by atoms with E-state index in [1.165, 1.54) is 23.7 Å². The van der Waals surface area contributed by atoms with Gasteiger partial charge in [-0.05, 0) is 31.0 Å². The number of hydrogen-bond donors (Lipinski definition) is 0. The highest BCUT2D eigenvalue weighted by molar-refractivity contribution is 8.00. The molecule has 3 rings (SSSR count). The third-order valence-electron chi connectivity index (χ3n) is 3.66. The molecule has 0 unspecified atom stereocenters. The number of aryl methyl sites for hydroxylation is 3. The summed E-state index contributed by atoms with van der Waals surface area (Å²) in [6.45, 7) is 4.06. The molecule has 22 heavy (non-hydrogen) atoms. The third-order valence-corrected chi connectivity index (χ3v) is 4.67. The summed E-state index contributed by atoms with van der Waals surface area (Å²) < 4.78 is 1.70. The Balaban J connectivity index is 1.79. The summed E-state index contributed by atoms with van der Waals surface area (Å²) >= 11 is 1.42. The van der Waals surface area contributed by atoms with Gasteiger partial charge < -0.3 is 0 Å². The standard InChI is InChI=1S/C16H16N4OS/c1-10-4-5-12(6-11(10)2)14(21)8-22-16-13-7-19-20(3)15(13)17-9-18-16/h4-7,9H,8H2,1-3H3. The minimum atomic E-state index is 0.101. The van der Waals surface area contributed by atoms with Crippen molar-refractivity contribution in [1.82, 2.24) is 19.7 Å². The van der Waals surface area contributed by atoms with Crippen molar-refractivity contribution in [3.63, 3.8) is 0 Å². The highest BCUT2D eigenvalue weighted by Crippen LogP contribution is 2.24. The summed E-state index contributed by atoms with van der Waals surface area (Å²) in [4.78, 5) is 20.8. The molecular weight excluding hydrogens is 296 g/mol. The largest absolute Gasteiger partial charge is 0.293 e. The zero-order valence-electron chi connectivity index (χ0n) is 12.7. The van der Waals surface area contributed by atoms with Crippen LogP contribution in [0, 0.1) is 13.8 Å². The van der Waals surface area contributed by atoms with E-state index in [0.717, 1.165) is 27.2 Å². The molecule has 3 aromatic rings. The quantitative estimate of drug-likeness (QED) is 0.421. The van der Waals surface area contributed by atoms with Crippen molar-refractivity contribution in [1.29, 1.82) is 0 Å². The van der Waals surface area contributed by atoms with E-state index in [4.69, 9.17) is 0 Å². The molecule has 0 saturated carbocycles. The van der Waals surface area contributed by atoms with Crippen LogP contribution in [0.4, 0.5) is 0 Å². The average Bonchev–Trinajstić information content (AvgIpc) is 2.90. The molecule has 0 aliphatic heterocycles. The number of nitrogens with zero attached hydrogens (tertiary/aromatic N) is 4. The Bertz CT molecular complexity index is 856. The summed E-state index contributed by atoms with van der Waals surface area (Å²) in [7, 11) is 1.84. The fraction of sp³-hybridized carbons (Fsp3) is 0.250. The predicted octanol–water partition coefficient (Wildman–Crippen LogP) is 2.96. The van der Waals surface area contributed by atoms with Crippen LogP contribution in [0.25, 0.3) is 11.0 Å². The number of carbonyl (C=O) groups excluding carboxylic acids is 1. The van der Waals surface area contributed by atoms with E-state index >= 15 is 0 Å². The lowest BCUT2D eigenvalue weighted by Crippen LogP contribution is -2.03. The van der Waals surface area contributed by atoms with Gasteiger partial charge in [-0.1, -0.05) is 23.9 Å². The Morgan fingerprint density at radius 3 is 2.82 bits per heavy atom. The van der Waals surface area contributed by atoms with Gasteiger partial charge in [-0.25, -0.2) is 9.97 Å². The van der Waals surface area contributed by atoms with Crippen molar-refractivity contribution < 1.29 is 4.79 Å². The molecule has 112 valence electrons. The molecule has 0 spiro atoms. The van der Waals surface area contributed by atoms with E-state index in [0.29, 0.717) is 5.75 Å². The molecule has 5 nitrogen and oxygen atoms in total. The first-order chi connectivity index (χ1) is 10.6. The summed E-state index contributed by atoms with van der Waals surface area (Å²) in [5, 5.41) is 5.84. The fourth-order valence-corrected chi connectivity index (χ4v) is 3.04. The van der Waals surface area contributed by atoms with Gasteiger partial charge in [0.15, 0.2) is 11.4 Å². The molecule has 1 aromatic carbocycles. The second-order valence-electron chi connectivity index (χ2n) is 5.20. The van der Waals surface area contributed by atoms with Crippen LogP contribution in [-0.4, -0.2) is 31.3 Å². The van der Waals surface area contributed by atoms with E-state index in [2.05, 4.69) is 15.1 Å². The lowest BCUT2D eigenvalue weighted by atomic mass is 10.0. The van der Waals surface area contributed by atoms with Crippen LogP contribution < -0.4 is 0 Å². The highest BCUT2D eigenvalue weighted by atomic mass is 32.2. The van der Waals surface area contributed by atoms with E-state index in [1.807, 2.05) is 39.1 Å². The van der Waals surface area contributed by atoms with Gasteiger partial charge in [0.25, 0.3) is 0 Å². The maximum absolute atomic E-state index is 12.3. The maximum atomic E-state index is 12.3. The van der Waals surface area contributed by atoms with E-state index < -0.39 is 0 Å². The van der Waals surface area contributed by atoms with Crippen LogP contribution in [0.2, 0.25) is 0 Å². The van der Waals surface area contributed by atoms with Gasteiger partial charge in [0, 0.05) is 12.6 Å². The molecule has 0 atom stereocenters. The van der Waals surface area contributed by atoms with Crippen LogP contribution in [-0.2, 0) is 7.05 Å². The smallest absolute Gasteiger partial charge is 0.173 e. The van der Waals surface area contributed by atoms with Crippen molar-refractivity contribution in [2.75, 3.05) is 5.75 Å². The molecule has 0 radical (unpaired) electrons. The first-order valence-electron chi connectivity index (χ1n) is 6.92. The zero-order chi connectivity index (χ0) is 15.7. The number of fused-ring (bicyclic) bond motifs is 1. The zero-order valence-corrected chi connectivity index (χ0v) is 13.5. The lowest BCUT2D eigenvalue weighted by Gasteiger charge is -2.05. The number of ketones is 1. The summed E-state index contributed by atoms with van der Waals surface area (Å²) in [6, 6.07) is 5.81. The molecule has 2 aromatic heterocycles. The monoisotopic (exact) mass is 312 g/mol. The van der Waals surface area contributed by atoms with E-state index in [-0.39, 0.29) is 5.78 Å². The Morgan fingerprint density at radius 1 is 1.23 bits per heavy atom. The van der Waals surface area contributed by atoms with Crippen LogP contribution in [0.1, 0.15) is 21.5 Å². The van der Waals surface area contributed by atoms with Crippen LogP contribution >= 0.6 is 11.8 Å². The Morgan fingerprint density at radius 2 is 2.05 bits per heavy atom. The van der Waals surface area contributed by atoms with Gasteiger partial charge >= 0.3 is 0 Å². The topological polar surface area (TPSA) is 60.7 Å². The minimum Gasteiger partial charge on any atom is -0.293 e. The SMILES string of the molecule is Cc1ccc(C(=O)CSc2ncnc3c2cnn3C)cc1C. The molecule has 0 N–H and O–H groups in total. The maximum Gasteiger partial charge on any atom is 0.173 e. The molecule has 0 aliphatic rings. The van der Waals surface area contributed by atoms with Crippen LogP contribution in [0.15, 0.2) is 35.7 Å². The first-order valence-corrected chi connectivity index (χ1v) is 7.91. The van der Waals surface area contributed by atoms with Gasteiger partial charge in [0.1, 0.15) is 11.4 Å². The van der Waals surface area contributed by atoms with Crippen molar-refractivity contribution in [2.45, 2.75) is 18.9 Å². The number of aromatic nitrogens is 4. The van der Waals surface area contributed by atoms with Gasteiger partial charge in [-0.15, -0.1) is 0 Å². The average molecular weight is 312 g/mol. The number of rotatable bonds is 4. The number of benzene rings is 1. The Hall–Kier alpha value is -2.21. The van der Waals surface area contributed by atoms with Gasteiger partial charge in [0.05, 0.1) is 17.3 Å². The summed E-state index contributed by atoms with van der Waals surface area (Å²) in [5.74, 6) is 0.451. The fourth-order valence-electron chi connectivity index (χ4n) is 2.19. The van der Waals surface area contributed by atoms with E-state index in [9.17, 15) is 4.79 Å². The Kier molecular flexibility index (Phi) is 3.94. The minimum absolute atomic E-state index is 0.101. The normalized spacial score (nSPS) is 11.0. The number of carbonyl (C=O) groups is 1. The van der Waals surface area contributed by atoms with Crippen molar-refractivity contribution in [2.24, 2.45) is 7.05 Å². The molecule has 0 aliphatic carbocycles. The molecule has 0 saturated heterocycles. The van der Waals surface area contributed by atoms with E-state index in [1.54, 1.807) is 10.9 Å². The summed E-state index contributed by atoms with van der Waals surface area (Å²) in [6.07, 6.45) is 3.24. The van der Waals surface area contributed by atoms with Crippen molar-refractivity contribution in [3.05, 3.63) is 47.4 Å². The van der Waals surface area contributed by atoms with Crippen molar-refractivity contribution in [3.8, 4) is 0 Å². The number of thioether (sulfide) groups is 1. The van der Waals surface area contributed by atoms with Gasteiger partial charge in [-0.2, -0.15) is 5.10 Å². The van der Waals surface area contributed by atoms with Crippen LogP contribution in [0.5, 0.6) is 0 Å².